The number of rotatable bonds is 3. The van der Waals surface area contributed by atoms with Crippen LogP contribution < -0.4 is 0 Å². The second-order valence-electron chi connectivity index (χ2n) is 7.61. The summed E-state index contributed by atoms with van der Waals surface area (Å²) in [5, 5.41) is 0. The number of carbonyl (C=O) groups is 1. The van der Waals surface area contributed by atoms with Crippen LogP contribution in [0.15, 0.2) is 18.2 Å². The van der Waals surface area contributed by atoms with E-state index in [1.807, 2.05) is 13.0 Å². The molecule has 2 rings (SSSR count). The Morgan fingerprint density at radius 1 is 1.12 bits per heavy atom. The summed E-state index contributed by atoms with van der Waals surface area (Å²) in [6.45, 7) is 10.3. The monoisotopic (exact) mass is 352 g/mol. The molecule has 1 aromatic rings. The standard InChI is InChI=1S/C18H28N2O3S/c1-14-12-16(18(2,3)4)7-6-15(14)13-17(21)19-8-10-20(11-9-19)24(5,22)23/h6-7,12H,8-11,13H2,1-5H3. The number of aryl methyl sites for hydroxylation is 1. The second-order valence-corrected chi connectivity index (χ2v) is 9.59. The van der Waals surface area contributed by atoms with Crippen LogP contribution in [0, 0.1) is 6.92 Å². The normalized spacial score (nSPS) is 17.1. The molecule has 1 saturated heterocycles. The van der Waals surface area contributed by atoms with Gasteiger partial charge in [0.1, 0.15) is 0 Å². The number of sulfonamides is 1. The maximum absolute atomic E-state index is 12.5. The van der Waals surface area contributed by atoms with Crippen LogP contribution in [-0.4, -0.2) is 56.0 Å². The Morgan fingerprint density at radius 2 is 1.71 bits per heavy atom. The van der Waals surface area contributed by atoms with Crippen molar-refractivity contribution in [2.24, 2.45) is 0 Å². The van der Waals surface area contributed by atoms with Gasteiger partial charge in [0.15, 0.2) is 0 Å². The lowest BCUT2D eigenvalue weighted by atomic mass is 9.85. The molecule has 0 bridgehead atoms. The van der Waals surface area contributed by atoms with Gasteiger partial charge in [0, 0.05) is 26.2 Å². The van der Waals surface area contributed by atoms with Crippen molar-refractivity contribution in [3.63, 3.8) is 0 Å². The highest BCUT2D eigenvalue weighted by molar-refractivity contribution is 7.88. The van der Waals surface area contributed by atoms with Gasteiger partial charge in [-0.25, -0.2) is 8.42 Å². The van der Waals surface area contributed by atoms with Crippen molar-refractivity contribution in [3.05, 3.63) is 34.9 Å². The highest BCUT2D eigenvalue weighted by atomic mass is 32.2. The first kappa shape index (κ1) is 18.9. The molecule has 1 fully saturated rings. The first-order chi connectivity index (χ1) is 11.0. The lowest BCUT2D eigenvalue weighted by Gasteiger charge is -2.33. The minimum absolute atomic E-state index is 0.0646. The molecule has 5 nitrogen and oxygen atoms in total. The van der Waals surface area contributed by atoms with E-state index in [2.05, 4.69) is 32.9 Å². The van der Waals surface area contributed by atoms with Crippen LogP contribution in [0.1, 0.15) is 37.5 Å². The predicted molar refractivity (Wildman–Crippen MR) is 96.6 cm³/mol. The van der Waals surface area contributed by atoms with E-state index in [1.165, 1.54) is 16.1 Å². The Balaban J connectivity index is 2.01. The summed E-state index contributed by atoms with van der Waals surface area (Å²) in [5.74, 6) is 0.0646. The highest BCUT2D eigenvalue weighted by Crippen LogP contribution is 2.24. The van der Waals surface area contributed by atoms with Gasteiger partial charge in [-0.2, -0.15) is 4.31 Å². The molecule has 0 aromatic heterocycles. The topological polar surface area (TPSA) is 57.7 Å². The quantitative estimate of drug-likeness (QED) is 0.835. The summed E-state index contributed by atoms with van der Waals surface area (Å²) in [5.41, 5.74) is 3.52. The molecular weight excluding hydrogens is 324 g/mol. The highest BCUT2D eigenvalue weighted by Gasteiger charge is 2.26. The Bertz CT molecular complexity index is 712. The van der Waals surface area contributed by atoms with E-state index in [4.69, 9.17) is 0 Å². The van der Waals surface area contributed by atoms with E-state index >= 15 is 0 Å². The molecule has 0 N–H and O–H groups in total. The van der Waals surface area contributed by atoms with Crippen molar-refractivity contribution < 1.29 is 13.2 Å². The number of nitrogens with zero attached hydrogens (tertiary/aromatic N) is 2. The van der Waals surface area contributed by atoms with Gasteiger partial charge in [0.2, 0.25) is 15.9 Å². The third-order valence-corrected chi connectivity index (χ3v) is 5.91. The average Bonchev–Trinajstić information content (AvgIpc) is 2.47. The van der Waals surface area contributed by atoms with Crippen LogP contribution in [0.3, 0.4) is 0 Å². The van der Waals surface area contributed by atoms with Gasteiger partial charge in [-0.1, -0.05) is 39.0 Å². The van der Waals surface area contributed by atoms with Gasteiger partial charge in [-0.15, -0.1) is 0 Å². The molecule has 134 valence electrons. The van der Waals surface area contributed by atoms with Crippen molar-refractivity contribution >= 4 is 15.9 Å². The number of hydrogen-bond acceptors (Lipinski definition) is 3. The summed E-state index contributed by atoms with van der Waals surface area (Å²) in [6, 6.07) is 6.29. The number of amides is 1. The number of benzene rings is 1. The molecule has 0 spiro atoms. The summed E-state index contributed by atoms with van der Waals surface area (Å²) in [6.07, 6.45) is 1.58. The van der Waals surface area contributed by atoms with E-state index in [0.29, 0.717) is 32.6 Å². The third-order valence-electron chi connectivity index (χ3n) is 4.61. The molecule has 0 unspecified atom stereocenters. The van der Waals surface area contributed by atoms with E-state index < -0.39 is 10.0 Å². The van der Waals surface area contributed by atoms with Crippen molar-refractivity contribution in [3.8, 4) is 0 Å². The van der Waals surface area contributed by atoms with Crippen molar-refractivity contribution in [2.45, 2.75) is 39.5 Å². The molecule has 1 aliphatic rings. The minimum atomic E-state index is -3.16. The first-order valence-electron chi connectivity index (χ1n) is 8.31. The molecule has 24 heavy (non-hydrogen) atoms. The molecule has 0 atom stereocenters. The molecular formula is C18H28N2O3S. The Hall–Kier alpha value is -1.40. The zero-order valence-corrected chi connectivity index (χ0v) is 16.1. The zero-order valence-electron chi connectivity index (χ0n) is 15.3. The second kappa shape index (κ2) is 6.84. The first-order valence-corrected chi connectivity index (χ1v) is 10.2. The molecule has 0 saturated carbocycles. The average molecular weight is 353 g/mol. The van der Waals surface area contributed by atoms with E-state index in [-0.39, 0.29) is 11.3 Å². The van der Waals surface area contributed by atoms with Crippen molar-refractivity contribution in [1.82, 2.24) is 9.21 Å². The van der Waals surface area contributed by atoms with Crippen LogP contribution in [0.4, 0.5) is 0 Å². The lowest BCUT2D eigenvalue weighted by molar-refractivity contribution is -0.131. The Labute approximate surface area is 145 Å². The molecule has 1 aliphatic heterocycles. The minimum Gasteiger partial charge on any atom is -0.340 e. The van der Waals surface area contributed by atoms with Gasteiger partial charge in [-0.3, -0.25) is 4.79 Å². The van der Waals surface area contributed by atoms with Crippen LogP contribution in [-0.2, 0) is 26.7 Å². The fraction of sp³-hybridized carbons (Fsp3) is 0.611. The smallest absolute Gasteiger partial charge is 0.227 e. The summed E-state index contributed by atoms with van der Waals surface area (Å²) in [7, 11) is -3.16. The SMILES string of the molecule is Cc1cc(C(C)(C)C)ccc1CC(=O)N1CCN(S(C)(=O)=O)CC1. The fourth-order valence-corrected chi connectivity index (χ4v) is 3.73. The van der Waals surface area contributed by atoms with Crippen molar-refractivity contribution in [1.29, 1.82) is 0 Å². The molecule has 1 heterocycles. The fourth-order valence-electron chi connectivity index (χ4n) is 2.90. The lowest BCUT2D eigenvalue weighted by Crippen LogP contribution is -2.50. The zero-order chi connectivity index (χ0) is 18.1. The summed E-state index contributed by atoms with van der Waals surface area (Å²) < 4.78 is 24.5. The predicted octanol–water partition coefficient (Wildman–Crippen LogP) is 1.94. The van der Waals surface area contributed by atoms with Crippen LogP contribution in [0.5, 0.6) is 0 Å². The van der Waals surface area contributed by atoms with Gasteiger partial charge in [0.05, 0.1) is 12.7 Å². The van der Waals surface area contributed by atoms with Gasteiger partial charge in [-0.05, 0) is 29.0 Å². The van der Waals surface area contributed by atoms with Crippen molar-refractivity contribution in [2.75, 3.05) is 32.4 Å². The van der Waals surface area contributed by atoms with Crippen LogP contribution >= 0.6 is 0 Å². The number of hydrogen-bond donors (Lipinski definition) is 0. The van der Waals surface area contributed by atoms with Gasteiger partial charge < -0.3 is 4.90 Å². The Morgan fingerprint density at radius 3 is 2.17 bits per heavy atom. The molecule has 0 radical (unpaired) electrons. The van der Waals surface area contributed by atoms with E-state index in [9.17, 15) is 13.2 Å². The van der Waals surface area contributed by atoms with Gasteiger partial charge >= 0.3 is 0 Å². The maximum Gasteiger partial charge on any atom is 0.227 e. The Kier molecular flexibility index (Phi) is 5.40. The maximum atomic E-state index is 12.5. The summed E-state index contributed by atoms with van der Waals surface area (Å²) >= 11 is 0. The molecule has 1 aromatic carbocycles. The van der Waals surface area contributed by atoms with E-state index in [1.54, 1.807) is 4.90 Å². The molecule has 1 amide bonds. The molecule has 0 aliphatic carbocycles. The van der Waals surface area contributed by atoms with Gasteiger partial charge in [0.25, 0.3) is 0 Å². The number of carbonyl (C=O) groups excluding carboxylic acids is 1. The molecule has 6 heteroatoms. The van der Waals surface area contributed by atoms with Crippen LogP contribution in [0.25, 0.3) is 0 Å². The van der Waals surface area contributed by atoms with Crippen LogP contribution in [0.2, 0.25) is 0 Å². The van der Waals surface area contributed by atoms with E-state index in [0.717, 1.165) is 11.1 Å². The summed E-state index contributed by atoms with van der Waals surface area (Å²) in [4.78, 5) is 14.3. The largest absolute Gasteiger partial charge is 0.340 e. The third kappa shape index (κ3) is 4.57. The number of piperazine rings is 1.